The maximum Gasteiger partial charge on any atom is 0.236 e. The lowest BCUT2D eigenvalue weighted by molar-refractivity contribution is -0.140. The molecule has 0 spiro atoms. The molecule has 0 aromatic heterocycles. The van der Waals surface area contributed by atoms with Gasteiger partial charge in [0.25, 0.3) is 0 Å². The highest BCUT2D eigenvalue weighted by molar-refractivity contribution is 5.85. The number of amides is 2. The molecule has 3 rings (SSSR count). The highest BCUT2D eigenvalue weighted by atomic mass is 35.5. The summed E-state index contributed by atoms with van der Waals surface area (Å²) >= 11 is 0. The molecule has 1 aromatic rings. The van der Waals surface area contributed by atoms with E-state index in [-0.39, 0.29) is 30.3 Å². The molecule has 0 aliphatic carbocycles. The first-order valence-electron chi connectivity index (χ1n) is 9.03. The summed E-state index contributed by atoms with van der Waals surface area (Å²) in [5.41, 5.74) is 2.36. The van der Waals surface area contributed by atoms with E-state index >= 15 is 0 Å². The molecule has 5 nitrogen and oxygen atoms in total. The Balaban J connectivity index is 0.00000225. The maximum absolute atomic E-state index is 12.6. The molecule has 2 saturated heterocycles. The summed E-state index contributed by atoms with van der Waals surface area (Å²) in [6.07, 6.45) is 3.44. The van der Waals surface area contributed by atoms with Gasteiger partial charge >= 0.3 is 0 Å². The minimum Gasteiger partial charge on any atom is -0.340 e. The number of carbonyl (C=O) groups is 2. The second-order valence-electron chi connectivity index (χ2n) is 6.75. The van der Waals surface area contributed by atoms with Crippen LogP contribution in [0, 0.1) is 0 Å². The van der Waals surface area contributed by atoms with Crippen molar-refractivity contribution >= 4 is 24.2 Å². The molecular weight excluding hydrogens is 338 g/mol. The van der Waals surface area contributed by atoms with Gasteiger partial charge in [-0.25, -0.2) is 0 Å². The van der Waals surface area contributed by atoms with Crippen LogP contribution in [-0.2, 0) is 22.4 Å². The van der Waals surface area contributed by atoms with E-state index in [2.05, 4.69) is 36.5 Å². The number of aryl methyl sites for hydroxylation is 1. The number of piperazine rings is 1. The summed E-state index contributed by atoms with van der Waals surface area (Å²) in [7, 11) is 0. The average Bonchev–Trinajstić information content (AvgIpc) is 2.63. The number of hydrogen-bond donors (Lipinski definition) is 1. The second kappa shape index (κ2) is 9.20. The van der Waals surface area contributed by atoms with E-state index in [0.717, 1.165) is 44.5 Å². The largest absolute Gasteiger partial charge is 0.340 e. The summed E-state index contributed by atoms with van der Waals surface area (Å²) in [6.45, 7) is 5.64. The smallest absolute Gasteiger partial charge is 0.236 e. The molecular formula is C19H28ClN3O2. The molecule has 25 heavy (non-hydrogen) atoms. The van der Waals surface area contributed by atoms with E-state index in [1.165, 1.54) is 5.56 Å². The van der Waals surface area contributed by atoms with Crippen LogP contribution in [0.25, 0.3) is 0 Å². The molecule has 2 amide bonds. The topological polar surface area (TPSA) is 52.7 Å². The lowest BCUT2D eigenvalue weighted by Crippen LogP contribution is -2.57. The van der Waals surface area contributed by atoms with Gasteiger partial charge in [-0.2, -0.15) is 0 Å². The number of piperidine rings is 1. The number of nitrogens with one attached hydrogen (secondary N) is 1. The van der Waals surface area contributed by atoms with Crippen LogP contribution in [0.4, 0.5) is 0 Å². The Morgan fingerprint density at radius 1 is 1.20 bits per heavy atom. The zero-order valence-corrected chi connectivity index (χ0v) is 15.7. The Labute approximate surface area is 156 Å². The third kappa shape index (κ3) is 4.95. The summed E-state index contributed by atoms with van der Waals surface area (Å²) in [5, 5.41) is 3.11. The molecule has 1 atom stereocenters. The first kappa shape index (κ1) is 19.7. The fraction of sp³-hybridized carbons (Fsp3) is 0.579. The van der Waals surface area contributed by atoms with Crippen molar-refractivity contribution in [2.75, 3.05) is 32.7 Å². The molecule has 0 radical (unpaired) electrons. The Morgan fingerprint density at radius 3 is 2.60 bits per heavy atom. The van der Waals surface area contributed by atoms with Crippen molar-refractivity contribution in [3.05, 3.63) is 35.4 Å². The molecule has 2 aliphatic rings. The fourth-order valence-corrected chi connectivity index (χ4v) is 3.62. The highest BCUT2D eigenvalue weighted by Gasteiger charge is 2.31. The van der Waals surface area contributed by atoms with Crippen LogP contribution in [0.5, 0.6) is 0 Å². The average molecular weight is 366 g/mol. The van der Waals surface area contributed by atoms with Crippen LogP contribution in [0.15, 0.2) is 24.3 Å². The number of hydrogen-bond acceptors (Lipinski definition) is 3. The van der Waals surface area contributed by atoms with Gasteiger partial charge < -0.3 is 15.1 Å². The number of rotatable bonds is 4. The number of halogens is 1. The summed E-state index contributed by atoms with van der Waals surface area (Å²) < 4.78 is 0. The van der Waals surface area contributed by atoms with Crippen LogP contribution in [0.3, 0.4) is 0 Å². The fourth-order valence-electron chi connectivity index (χ4n) is 3.62. The number of nitrogens with zero attached hydrogens (tertiary/aromatic N) is 2. The van der Waals surface area contributed by atoms with Crippen molar-refractivity contribution in [1.29, 1.82) is 0 Å². The maximum atomic E-state index is 12.6. The van der Waals surface area contributed by atoms with Crippen molar-refractivity contribution in [1.82, 2.24) is 15.1 Å². The zero-order chi connectivity index (χ0) is 16.9. The third-order valence-electron chi connectivity index (χ3n) is 5.10. The Hall–Kier alpha value is -1.59. The SMILES string of the molecule is CCc1ccc(CC(=O)N2CCCC(N3CCNCC3=O)C2)cc1.Cl. The number of benzene rings is 1. The van der Waals surface area contributed by atoms with Crippen LogP contribution >= 0.6 is 12.4 Å². The van der Waals surface area contributed by atoms with Crippen molar-refractivity contribution in [2.45, 2.75) is 38.6 Å². The van der Waals surface area contributed by atoms with Gasteiger partial charge in [0.2, 0.25) is 11.8 Å². The monoisotopic (exact) mass is 365 g/mol. The Morgan fingerprint density at radius 2 is 1.92 bits per heavy atom. The van der Waals surface area contributed by atoms with Gasteiger partial charge in [-0.1, -0.05) is 31.2 Å². The minimum absolute atomic E-state index is 0. The van der Waals surface area contributed by atoms with Gasteiger partial charge in [0.05, 0.1) is 13.0 Å². The van der Waals surface area contributed by atoms with E-state index in [4.69, 9.17) is 0 Å². The molecule has 1 N–H and O–H groups in total. The van der Waals surface area contributed by atoms with Gasteiger partial charge in [-0.05, 0) is 30.4 Å². The molecule has 2 heterocycles. The molecule has 2 fully saturated rings. The van der Waals surface area contributed by atoms with E-state index < -0.39 is 0 Å². The Kier molecular flexibility index (Phi) is 7.26. The molecule has 6 heteroatoms. The van der Waals surface area contributed by atoms with Gasteiger partial charge in [0.15, 0.2) is 0 Å². The quantitative estimate of drug-likeness (QED) is 0.882. The Bertz CT molecular complexity index is 591. The van der Waals surface area contributed by atoms with Gasteiger partial charge in [0, 0.05) is 32.2 Å². The third-order valence-corrected chi connectivity index (χ3v) is 5.10. The van der Waals surface area contributed by atoms with E-state index in [9.17, 15) is 9.59 Å². The first-order chi connectivity index (χ1) is 11.7. The molecule has 1 unspecified atom stereocenters. The van der Waals surface area contributed by atoms with Gasteiger partial charge in [-0.15, -0.1) is 12.4 Å². The molecule has 1 aromatic carbocycles. The highest BCUT2D eigenvalue weighted by Crippen LogP contribution is 2.18. The second-order valence-corrected chi connectivity index (χ2v) is 6.75. The van der Waals surface area contributed by atoms with Crippen molar-refractivity contribution in [3.63, 3.8) is 0 Å². The van der Waals surface area contributed by atoms with Crippen LogP contribution in [0.2, 0.25) is 0 Å². The van der Waals surface area contributed by atoms with E-state index in [0.29, 0.717) is 19.5 Å². The predicted octanol–water partition coefficient (Wildman–Crippen LogP) is 1.64. The van der Waals surface area contributed by atoms with Crippen LogP contribution in [-0.4, -0.2) is 60.4 Å². The van der Waals surface area contributed by atoms with E-state index in [1.807, 2.05) is 9.80 Å². The predicted molar refractivity (Wildman–Crippen MR) is 101 cm³/mol. The van der Waals surface area contributed by atoms with Gasteiger partial charge in [-0.3, -0.25) is 9.59 Å². The van der Waals surface area contributed by atoms with Crippen molar-refractivity contribution in [2.24, 2.45) is 0 Å². The summed E-state index contributed by atoms with van der Waals surface area (Å²) in [5.74, 6) is 0.335. The normalized spacial score (nSPS) is 21.0. The molecule has 2 aliphatic heterocycles. The van der Waals surface area contributed by atoms with Crippen LogP contribution in [0.1, 0.15) is 30.9 Å². The number of likely N-dealkylation sites (tertiary alicyclic amines) is 1. The van der Waals surface area contributed by atoms with E-state index in [1.54, 1.807) is 0 Å². The lowest BCUT2D eigenvalue weighted by atomic mass is 10.0. The summed E-state index contributed by atoms with van der Waals surface area (Å²) in [4.78, 5) is 28.6. The zero-order valence-electron chi connectivity index (χ0n) is 14.9. The molecule has 138 valence electrons. The van der Waals surface area contributed by atoms with Crippen molar-refractivity contribution in [3.8, 4) is 0 Å². The van der Waals surface area contributed by atoms with Crippen LogP contribution < -0.4 is 5.32 Å². The summed E-state index contributed by atoms with van der Waals surface area (Å²) in [6, 6.07) is 8.48. The minimum atomic E-state index is 0. The van der Waals surface area contributed by atoms with Crippen molar-refractivity contribution < 1.29 is 9.59 Å². The van der Waals surface area contributed by atoms with Gasteiger partial charge in [0.1, 0.15) is 0 Å². The lowest BCUT2D eigenvalue weighted by Gasteiger charge is -2.41. The first-order valence-corrected chi connectivity index (χ1v) is 9.03. The number of carbonyl (C=O) groups excluding carboxylic acids is 2. The molecule has 0 saturated carbocycles. The standard InChI is InChI=1S/C19H27N3O2.ClH/c1-2-15-5-7-16(8-6-15)12-18(23)21-10-3-4-17(14-21)22-11-9-20-13-19(22)24;/h5-8,17,20H,2-4,9-14H2,1H3;1H. The molecule has 0 bridgehead atoms.